The highest BCUT2D eigenvalue weighted by Gasteiger charge is 2.32. The molecule has 18 heavy (non-hydrogen) atoms. The van der Waals surface area contributed by atoms with Crippen LogP contribution in [0.15, 0.2) is 18.2 Å². The maximum atomic E-state index is 11.7. The van der Waals surface area contributed by atoms with Gasteiger partial charge in [-0.15, -0.1) is 0 Å². The number of methoxy groups -OCH3 is 1. The third-order valence-electron chi connectivity index (χ3n) is 2.79. The van der Waals surface area contributed by atoms with Gasteiger partial charge in [0.05, 0.1) is 18.4 Å². The lowest BCUT2D eigenvalue weighted by Crippen LogP contribution is -2.38. The number of Topliss-reactive ketones (excluding diaryl/α,β-unsaturated/α-hetero) is 1. The highest BCUT2D eigenvalue weighted by Crippen LogP contribution is 2.29. The van der Waals surface area contributed by atoms with Crippen molar-refractivity contribution >= 4 is 27.5 Å². The van der Waals surface area contributed by atoms with Crippen molar-refractivity contribution in [3.8, 4) is 0 Å². The highest BCUT2D eigenvalue weighted by molar-refractivity contribution is 7.93. The second kappa shape index (κ2) is 4.09. The van der Waals surface area contributed by atoms with Crippen molar-refractivity contribution in [2.24, 2.45) is 0 Å². The Kier molecular flexibility index (Phi) is 2.86. The number of ether oxygens (including phenoxy) is 1. The molecule has 0 aromatic heterocycles. The van der Waals surface area contributed by atoms with E-state index in [1.807, 2.05) is 0 Å². The summed E-state index contributed by atoms with van der Waals surface area (Å²) in [7, 11) is -1.06. The number of hydrogen-bond donors (Lipinski definition) is 0. The van der Waals surface area contributed by atoms with E-state index in [9.17, 15) is 18.0 Å². The first-order valence-electron chi connectivity index (χ1n) is 5.09. The molecule has 96 valence electrons. The van der Waals surface area contributed by atoms with Gasteiger partial charge in [0.1, 0.15) is 5.75 Å². The molecular weight excluding hydrogens is 258 g/mol. The molecule has 0 saturated heterocycles. The molecule has 2 rings (SSSR count). The van der Waals surface area contributed by atoms with Crippen LogP contribution in [0.25, 0.3) is 0 Å². The van der Waals surface area contributed by atoms with Gasteiger partial charge in [-0.05, 0) is 18.2 Å². The van der Waals surface area contributed by atoms with Gasteiger partial charge in [0.2, 0.25) is 10.0 Å². The Morgan fingerprint density at radius 2 is 2.06 bits per heavy atom. The Hall–Kier alpha value is -1.89. The first-order valence-corrected chi connectivity index (χ1v) is 6.70. The van der Waals surface area contributed by atoms with Crippen molar-refractivity contribution < 1.29 is 22.7 Å². The summed E-state index contributed by atoms with van der Waals surface area (Å²) in [6, 6.07) is 4.22. The summed E-state index contributed by atoms with van der Waals surface area (Å²) in [6.45, 7) is 0. The average molecular weight is 269 g/mol. The number of sulfonamides is 1. The van der Waals surface area contributed by atoms with E-state index in [0.29, 0.717) is 5.56 Å². The van der Waals surface area contributed by atoms with E-state index in [2.05, 4.69) is 4.74 Å². The van der Waals surface area contributed by atoms with E-state index in [1.54, 1.807) is 0 Å². The molecule has 6 nitrogen and oxygen atoms in total. The number of esters is 1. The Morgan fingerprint density at radius 3 is 2.67 bits per heavy atom. The fourth-order valence-corrected chi connectivity index (χ4v) is 2.89. The standard InChI is InChI=1S/C11H11NO5S/c1-12-9-5-7(11(14)17-2)3-4-8(9)10(13)6-18(12,15)16/h3-5H,6H2,1-2H3. The van der Waals surface area contributed by atoms with Crippen LogP contribution in [0.4, 0.5) is 5.69 Å². The zero-order chi connectivity index (χ0) is 13.5. The lowest BCUT2D eigenvalue weighted by molar-refractivity contribution is 0.0600. The molecule has 0 N–H and O–H groups in total. The second-order valence-electron chi connectivity index (χ2n) is 3.87. The van der Waals surface area contributed by atoms with E-state index >= 15 is 0 Å². The third kappa shape index (κ3) is 1.86. The molecule has 0 spiro atoms. The third-order valence-corrected chi connectivity index (χ3v) is 4.45. The molecule has 1 heterocycles. The van der Waals surface area contributed by atoms with E-state index in [0.717, 1.165) is 4.31 Å². The maximum absolute atomic E-state index is 11.7. The van der Waals surface area contributed by atoms with Gasteiger partial charge in [0, 0.05) is 12.6 Å². The fourth-order valence-electron chi connectivity index (χ4n) is 1.76. The molecular formula is C11H11NO5S. The lowest BCUT2D eigenvalue weighted by Gasteiger charge is -2.26. The quantitative estimate of drug-likeness (QED) is 0.691. The predicted octanol–water partition coefficient (Wildman–Crippen LogP) is 0.436. The van der Waals surface area contributed by atoms with Gasteiger partial charge in [-0.25, -0.2) is 13.2 Å². The topological polar surface area (TPSA) is 80.8 Å². The molecule has 0 aliphatic carbocycles. The summed E-state index contributed by atoms with van der Waals surface area (Å²) in [5, 5.41) is 0. The van der Waals surface area contributed by atoms with Crippen LogP contribution in [0.3, 0.4) is 0 Å². The van der Waals surface area contributed by atoms with Crippen LogP contribution in [-0.2, 0) is 14.8 Å². The summed E-state index contributed by atoms with van der Waals surface area (Å²) in [5.74, 6) is -1.60. The van der Waals surface area contributed by atoms with Crippen molar-refractivity contribution in [1.82, 2.24) is 0 Å². The van der Waals surface area contributed by atoms with Crippen LogP contribution in [-0.4, -0.2) is 40.1 Å². The molecule has 0 bridgehead atoms. The van der Waals surface area contributed by atoms with Gasteiger partial charge in [0.15, 0.2) is 5.78 Å². The minimum atomic E-state index is -3.64. The second-order valence-corrected chi connectivity index (χ2v) is 5.87. The molecule has 0 saturated carbocycles. The van der Waals surface area contributed by atoms with Gasteiger partial charge in [-0.1, -0.05) is 0 Å². The van der Waals surface area contributed by atoms with Gasteiger partial charge >= 0.3 is 5.97 Å². The van der Waals surface area contributed by atoms with E-state index < -0.39 is 27.5 Å². The number of hydrogen-bond acceptors (Lipinski definition) is 5. The van der Waals surface area contributed by atoms with Crippen LogP contribution < -0.4 is 4.31 Å². The number of benzene rings is 1. The minimum Gasteiger partial charge on any atom is -0.465 e. The zero-order valence-electron chi connectivity index (χ0n) is 9.84. The van der Waals surface area contributed by atoms with Crippen LogP contribution in [0, 0.1) is 0 Å². The minimum absolute atomic E-state index is 0.202. The molecule has 0 amide bonds. The smallest absolute Gasteiger partial charge is 0.337 e. The van der Waals surface area contributed by atoms with E-state index in [-0.39, 0.29) is 11.3 Å². The number of nitrogens with zero attached hydrogens (tertiary/aromatic N) is 1. The molecule has 7 heteroatoms. The highest BCUT2D eigenvalue weighted by atomic mass is 32.2. The average Bonchev–Trinajstić information content (AvgIpc) is 2.34. The summed E-state index contributed by atoms with van der Waals surface area (Å²) in [5.41, 5.74) is 0.696. The first-order chi connectivity index (χ1) is 8.36. The zero-order valence-corrected chi connectivity index (χ0v) is 10.7. The molecule has 1 aliphatic heterocycles. The fraction of sp³-hybridized carbons (Fsp3) is 0.273. The molecule has 1 aliphatic rings. The molecule has 0 unspecified atom stereocenters. The van der Waals surface area contributed by atoms with Crippen molar-refractivity contribution in [3.05, 3.63) is 29.3 Å². The molecule has 1 aromatic rings. The van der Waals surface area contributed by atoms with Crippen molar-refractivity contribution in [2.75, 3.05) is 24.2 Å². The summed E-state index contributed by atoms with van der Waals surface area (Å²) in [4.78, 5) is 23.0. The number of carbonyl (C=O) groups is 2. The number of anilines is 1. The molecule has 0 radical (unpaired) electrons. The monoisotopic (exact) mass is 269 g/mol. The van der Waals surface area contributed by atoms with Crippen molar-refractivity contribution in [1.29, 1.82) is 0 Å². The van der Waals surface area contributed by atoms with Crippen molar-refractivity contribution in [2.45, 2.75) is 0 Å². The molecule has 0 fully saturated rings. The number of carbonyl (C=O) groups excluding carboxylic acids is 2. The normalized spacial score (nSPS) is 17.2. The van der Waals surface area contributed by atoms with Crippen molar-refractivity contribution in [3.63, 3.8) is 0 Å². The van der Waals surface area contributed by atoms with Crippen LogP contribution in [0.2, 0.25) is 0 Å². The van der Waals surface area contributed by atoms with Crippen LogP contribution in [0.5, 0.6) is 0 Å². The van der Waals surface area contributed by atoms with Gasteiger partial charge < -0.3 is 4.74 Å². The van der Waals surface area contributed by atoms with Crippen LogP contribution in [0.1, 0.15) is 20.7 Å². The Balaban J connectivity index is 2.61. The first kappa shape index (κ1) is 12.6. The Bertz CT molecular complexity index is 635. The van der Waals surface area contributed by atoms with Crippen LogP contribution >= 0.6 is 0 Å². The molecule has 1 aromatic carbocycles. The molecule has 0 atom stereocenters. The number of fused-ring (bicyclic) bond motifs is 1. The summed E-state index contributed by atoms with van der Waals surface area (Å²) in [6.07, 6.45) is 0. The van der Waals surface area contributed by atoms with E-state index in [4.69, 9.17) is 0 Å². The van der Waals surface area contributed by atoms with E-state index in [1.165, 1.54) is 32.4 Å². The number of rotatable bonds is 1. The van der Waals surface area contributed by atoms with Gasteiger partial charge in [-0.2, -0.15) is 0 Å². The number of ketones is 1. The lowest BCUT2D eigenvalue weighted by atomic mass is 10.1. The SMILES string of the molecule is COC(=O)c1ccc2c(c1)N(C)S(=O)(=O)CC2=O. The maximum Gasteiger partial charge on any atom is 0.337 e. The van der Waals surface area contributed by atoms with Gasteiger partial charge in [0.25, 0.3) is 0 Å². The largest absolute Gasteiger partial charge is 0.465 e. The predicted molar refractivity (Wildman–Crippen MR) is 64.3 cm³/mol. The van der Waals surface area contributed by atoms with Gasteiger partial charge in [-0.3, -0.25) is 9.10 Å². The summed E-state index contributed by atoms with van der Waals surface area (Å²) >= 11 is 0. The Labute approximate surface area is 104 Å². The summed E-state index contributed by atoms with van der Waals surface area (Å²) < 4.78 is 28.9. The Morgan fingerprint density at radius 1 is 1.39 bits per heavy atom.